The number of carbonyl (C=O) groups excluding carboxylic acids is 2. The predicted molar refractivity (Wildman–Crippen MR) is 65.1 cm³/mol. The van der Waals surface area contributed by atoms with Gasteiger partial charge in [0, 0.05) is 12.1 Å². The fourth-order valence-corrected chi connectivity index (χ4v) is 2.48. The largest absolute Gasteiger partial charge is 0.508 e. The summed E-state index contributed by atoms with van der Waals surface area (Å²) in [4.78, 5) is 24.6. The van der Waals surface area contributed by atoms with Crippen molar-refractivity contribution in [2.45, 2.75) is 0 Å². The normalized spacial score (nSPS) is 13.6. The fraction of sp³-hybridized carbons (Fsp3) is 0. The first-order valence-electron chi connectivity index (χ1n) is 5.72. The summed E-state index contributed by atoms with van der Waals surface area (Å²) in [5, 5.41) is 19.4. The third-order valence-corrected chi connectivity index (χ3v) is 3.34. The van der Waals surface area contributed by atoms with Crippen molar-refractivity contribution in [2.75, 3.05) is 0 Å². The van der Waals surface area contributed by atoms with Crippen LogP contribution < -0.4 is 0 Å². The number of fused-ring (bicyclic) bond motifs is 4. The molecule has 0 aliphatic heterocycles. The van der Waals surface area contributed by atoms with E-state index in [0.717, 1.165) is 6.07 Å². The maximum atomic E-state index is 12.4. The van der Waals surface area contributed by atoms with E-state index in [1.807, 2.05) is 0 Å². The van der Waals surface area contributed by atoms with Crippen molar-refractivity contribution in [1.82, 2.24) is 0 Å². The molecule has 6 heteroatoms. The Kier molecular flexibility index (Phi) is 1.79. The van der Waals surface area contributed by atoms with E-state index in [9.17, 15) is 19.8 Å². The van der Waals surface area contributed by atoms with Gasteiger partial charge in [0.25, 0.3) is 0 Å². The lowest BCUT2D eigenvalue weighted by molar-refractivity contribution is 0.0963. The molecule has 1 aromatic carbocycles. The van der Waals surface area contributed by atoms with Crippen LogP contribution in [0.1, 0.15) is 32.0 Å². The molecule has 0 bridgehead atoms. The number of rotatable bonds is 0. The van der Waals surface area contributed by atoms with E-state index in [-0.39, 0.29) is 44.9 Å². The summed E-state index contributed by atoms with van der Waals surface area (Å²) in [6.45, 7) is 0. The van der Waals surface area contributed by atoms with Crippen LogP contribution in [0.5, 0.6) is 11.5 Å². The average molecular weight is 270 g/mol. The number of benzene rings is 1. The van der Waals surface area contributed by atoms with Crippen molar-refractivity contribution in [3.05, 3.63) is 47.1 Å². The quantitative estimate of drug-likeness (QED) is 0.508. The zero-order chi connectivity index (χ0) is 14.0. The number of aromatic hydroxyl groups is 2. The van der Waals surface area contributed by atoms with Gasteiger partial charge in [0.2, 0.25) is 11.6 Å². The Hall–Kier alpha value is -3.02. The van der Waals surface area contributed by atoms with E-state index in [1.54, 1.807) is 0 Å². The van der Waals surface area contributed by atoms with Crippen LogP contribution in [0.3, 0.4) is 0 Å². The van der Waals surface area contributed by atoms with E-state index in [2.05, 4.69) is 0 Å². The van der Waals surface area contributed by atoms with Crippen LogP contribution in [0.2, 0.25) is 0 Å². The monoisotopic (exact) mass is 270 g/mol. The Morgan fingerprint density at radius 2 is 1.65 bits per heavy atom. The Labute approximate surface area is 110 Å². The summed E-state index contributed by atoms with van der Waals surface area (Å²) in [5.74, 6) is -1.64. The highest BCUT2D eigenvalue weighted by atomic mass is 16.4. The van der Waals surface area contributed by atoms with Crippen molar-refractivity contribution in [1.29, 1.82) is 0 Å². The van der Waals surface area contributed by atoms with Crippen LogP contribution in [0.15, 0.2) is 33.5 Å². The molecule has 98 valence electrons. The minimum atomic E-state index is -0.488. The number of phenolic OH excluding ortho intramolecular Hbond substituents is 2. The molecular weight excluding hydrogens is 264 g/mol. The lowest BCUT2D eigenvalue weighted by atomic mass is 9.90. The molecule has 0 unspecified atom stereocenters. The van der Waals surface area contributed by atoms with Crippen LogP contribution in [0.4, 0.5) is 0 Å². The maximum absolute atomic E-state index is 12.4. The zero-order valence-electron chi connectivity index (χ0n) is 9.84. The van der Waals surface area contributed by atoms with Crippen molar-refractivity contribution >= 4 is 22.5 Å². The maximum Gasteiger partial charge on any atom is 0.232 e. The third kappa shape index (κ3) is 1.13. The molecule has 1 aliphatic carbocycles. The van der Waals surface area contributed by atoms with Crippen molar-refractivity contribution < 1.29 is 28.6 Å². The summed E-state index contributed by atoms with van der Waals surface area (Å²) in [5.41, 5.74) is 0.343. The smallest absolute Gasteiger partial charge is 0.232 e. The first-order valence-corrected chi connectivity index (χ1v) is 5.72. The van der Waals surface area contributed by atoms with E-state index >= 15 is 0 Å². The van der Waals surface area contributed by atoms with Crippen LogP contribution in [-0.4, -0.2) is 21.8 Å². The zero-order valence-corrected chi connectivity index (χ0v) is 9.84. The molecule has 1 aliphatic rings. The Bertz CT molecular complexity index is 911. The van der Waals surface area contributed by atoms with Gasteiger partial charge in [0.1, 0.15) is 29.6 Å². The molecule has 0 amide bonds. The molecule has 0 radical (unpaired) electrons. The van der Waals surface area contributed by atoms with E-state index < -0.39 is 11.6 Å². The van der Waals surface area contributed by atoms with Gasteiger partial charge in [-0.05, 0) is 0 Å². The first-order chi connectivity index (χ1) is 9.58. The highest BCUT2D eigenvalue weighted by molar-refractivity contribution is 6.31. The van der Waals surface area contributed by atoms with Crippen LogP contribution in [0.25, 0.3) is 11.0 Å². The van der Waals surface area contributed by atoms with Gasteiger partial charge < -0.3 is 19.0 Å². The van der Waals surface area contributed by atoms with Gasteiger partial charge >= 0.3 is 0 Å². The van der Waals surface area contributed by atoms with Crippen molar-refractivity contribution in [3.63, 3.8) is 0 Å². The molecule has 2 heterocycles. The number of hydrogen-bond donors (Lipinski definition) is 2. The minimum absolute atomic E-state index is 0.00333. The summed E-state index contributed by atoms with van der Waals surface area (Å²) >= 11 is 0. The molecule has 4 rings (SSSR count). The summed E-state index contributed by atoms with van der Waals surface area (Å²) in [7, 11) is 0. The lowest BCUT2D eigenvalue weighted by Gasteiger charge is -2.07. The van der Waals surface area contributed by atoms with Gasteiger partial charge in [-0.2, -0.15) is 0 Å². The topological polar surface area (TPSA) is 101 Å². The highest BCUT2D eigenvalue weighted by Gasteiger charge is 2.37. The number of hydrogen-bond acceptors (Lipinski definition) is 6. The lowest BCUT2D eigenvalue weighted by Crippen LogP contribution is -2.17. The van der Waals surface area contributed by atoms with Gasteiger partial charge in [0.15, 0.2) is 5.76 Å². The SMILES string of the molecule is O=C1c2cocc2C(=O)c2c1oc1cc(O)cc(O)c21. The summed E-state index contributed by atoms with van der Waals surface area (Å²) in [6.07, 6.45) is 2.37. The molecule has 6 nitrogen and oxygen atoms in total. The molecule has 3 aromatic rings. The van der Waals surface area contributed by atoms with E-state index in [0.29, 0.717) is 0 Å². The second kappa shape index (κ2) is 3.30. The molecule has 0 fully saturated rings. The standard InChI is InChI=1S/C14H6O6/c15-5-1-8(16)10-9(2-5)20-14-11(10)12(17)6-3-19-4-7(6)13(14)18/h1-4,15-16H. The van der Waals surface area contributed by atoms with Crippen LogP contribution >= 0.6 is 0 Å². The van der Waals surface area contributed by atoms with Gasteiger partial charge in [0.05, 0.1) is 22.1 Å². The first kappa shape index (κ1) is 10.9. The fourth-order valence-electron chi connectivity index (χ4n) is 2.48. The Morgan fingerprint density at radius 3 is 2.40 bits per heavy atom. The second-order valence-corrected chi connectivity index (χ2v) is 4.50. The molecule has 0 spiro atoms. The minimum Gasteiger partial charge on any atom is -0.508 e. The van der Waals surface area contributed by atoms with Crippen molar-refractivity contribution in [2.24, 2.45) is 0 Å². The van der Waals surface area contributed by atoms with Gasteiger partial charge in [-0.1, -0.05) is 0 Å². The molecule has 0 atom stereocenters. The molecule has 2 aromatic heterocycles. The summed E-state index contributed by atoms with van der Waals surface area (Å²) < 4.78 is 10.2. The van der Waals surface area contributed by atoms with Gasteiger partial charge in [-0.25, -0.2) is 0 Å². The van der Waals surface area contributed by atoms with Crippen LogP contribution in [-0.2, 0) is 0 Å². The summed E-state index contributed by atoms with van der Waals surface area (Å²) in [6, 6.07) is 2.32. The Balaban J connectivity index is 2.16. The van der Waals surface area contributed by atoms with Gasteiger partial charge in [-0.3, -0.25) is 9.59 Å². The number of ketones is 2. The molecular formula is C14H6O6. The van der Waals surface area contributed by atoms with Crippen LogP contribution in [0, 0.1) is 0 Å². The average Bonchev–Trinajstić information content (AvgIpc) is 2.99. The van der Waals surface area contributed by atoms with Crippen molar-refractivity contribution in [3.8, 4) is 11.5 Å². The molecule has 0 saturated carbocycles. The number of furan rings is 2. The predicted octanol–water partition coefficient (Wildman–Crippen LogP) is 2.21. The molecule has 0 saturated heterocycles. The van der Waals surface area contributed by atoms with E-state index in [4.69, 9.17) is 8.83 Å². The number of phenols is 2. The Morgan fingerprint density at radius 1 is 0.950 bits per heavy atom. The highest BCUT2D eigenvalue weighted by Crippen LogP contribution is 2.40. The molecule has 2 N–H and O–H groups in total. The second-order valence-electron chi connectivity index (χ2n) is 4.50. The third-order valence-electron chi connectivity index (χ3n) is 3.34. The number of carbonyl (C=O) groups is 2. The molecule has 20 heavy (non-hydrogen) atoms. The van der Waals surface area contributed by atoms with E-state index in [1.165, 1.54) is 18.6 Å². The van der Waals surface area contributed by atoms with Gasteiger partial charge in [-0.15, -0.1) is 0 Å².